The van der Waals surface area contributed by atoms with Crippen molar-refractivity contribution in [2.24, 2.45) is 0 Å². The number of methoxy groups -OCH3 is 1. The summed E-state index contributed by atoms with van der Waals surface area (Å²) in [5.41, 5.74) is 1.40. The van der Waals surface area contributed by atoms with Crippen molar-refractivity contribution in [2.75, 3.05) is 46.4 Å². The van der Waals surface area contributed by atoms with E-state index >= 15 is 0 Å². The lowest BCUT2D eigenvalue weighted by molar-refractivity contribution is 0.0616. The fraction of sp³-hybridized carbons (Fsp3) is 0.333. The Morgan fingerprint density at radius 3 is 2.50 bits per heavy atom. The maximum absolute atomic E-state index is 12.8. The van der Waals surface area contributed by atoms with Gasteiger partial charge in [-0.3, -0.25) is 14.8 Å². The smallest absolute Gasteiger partial charge is 0.275 e. The van der Waals surface area contributed by atoms with Gasteiger partial charge in [-0.15, -0.1) is 0 Å². The van der Waals surface area contributed by atoms with Crippen LogP contribution in [0.25, 0.3) is 10.9 Å². The molecule has 2 heterocycles. The highest BCUT2D eigenvalue weighted by atomic mass is 16.5. The van der Waals surface area contributed by atoms with Crippen LogP contribution >= 0.6 is 0 Å². The molecule has 0 unspecified atom stereocenters. The molecule has 0 aliphatic carbocycles. The first-order chi connectivity index (χ1) is 13.7. The maximum Gasteiger partial charge on any atom is 0.275 e. The second kappa shape index (κ2) is 8.31. The molecule has 7 nitrogen and oxygen atoms in total. The van der Waals surface area contributed by atoms with Gasteiger partial charge in [-0.05, 0) is 30.3 Å². The number of H-pyrrole nitrogens is 1. The van der Waals surface area contributed by atoms with Gasteiger partial charge in [-0.1, -0.05) is 18.2 Å². The molecule has 0 saturated carbocycles. The van der Waals surface area contributed by atoms with Crippen molar-refractivity contribution >= 4 is 16.8 Å². The molecule has 4 rings (SSSR count). The molecule has 1 amide bonds. The second-order valence-electron chi connectivity index (χ2n) is 6.78. The summed E-state index contributed by atoms with van der Waals surface area (Å²) in [6.07, 6.45) is 0. The number of hydrogen-bond acceptors (Lipinski definition) is 5. The standard InChI is InChI=1S/C21H24N4O3/c1-27-16-6-8-17(9-7-16)28-15-14-24-10-12-25(13-11-24)21(26)20-18-4-2-3-5-19(18)22-23-20/h2-9H,10-15H2,1H3,(H,22,23). The van der Waals surface area contributed by atoms with Gasteiger partial charge >= 0.3 is 0 Å². The predicted octanol–water partition coefficient (Wildman–Crippen LogP) is 2.41. The van der Waals surface area contributed by atoms with Crippen LogP contribution in [0.3, 0.4) is 0 Å². The largest absolute Gasteiger partial charge is 0.497 e. The van der Waals surface area contributed by atoms with E-state index < -0.39 is 0 Å². The summed E-state index contributed by atoms with van der Waals surface area (Å²) in [7, 11) is 1.65. The number of aromatic amines is 1. The molecule has 1 N–H and O–H groups in total. The quantitative estimate of drug-likeness (QED) is 0.711. The fourth-order valence-corrected chi connectivity index (χ4v) is 3.42. The molecule has 2 aromatic carbocycles. The fourth-order valence-electron chi connectivity index (χ4n) is 3.42. The van der Waals surface area contributed by atoms with Crippen LogP contribution in [0.4, 0.5) is 0 Å². The van der Waals surface area contributed by atoms with E-state index in [4.69, 9.17) is 9.47 Å². The molecule has 0 atom stereocenters. The van der Waals surface area contributed by atoms with Crippen molar-refractivity contribution in [3.63, 3.8) is 0 Å². The number of carbonyl (C=O) groups is 1. The highest BCUT2D eigenvalue weighted by Gasteiger charge is 2.24. The average Bonchev–Trinajstić information content (AvgIpc) is 3.18. The molecule has 1 saturated heterocycles. The lowest BCUT2D eigenvalue weighted by Crippen LogP contribution is -2.49. The number of carbonyl (C=O) groups excluding carboxylic acids is 1. The monoisotopic (exact) mass is 380 g/mol. The van der Waals surface area contributed by atoms with Crippen LogP contribution in [-0.4, -0.2) is 72.3 Å². The van der Waals surface area contributed by atoms with E-state index in [9.17, 15) is 4.79 Å². The van der Waals surface area contributed by atoms with Crippen molar-refractivity contribution < 1.29 is 14.3 Å². The number of hydrogen-bond donors (Lipinski definition) is 1. The maximum atomic E-state index is 12.8. The molecular formula is C21H24N4O3. The van der Waals surface area contributed by atoms with Crippen molar-refractivity contribution in [3.05, 3.63) is 54.2 Å². The molecule has 0 bridgehead atoms. The summed E-state index contributed by atoms with van der Waals surface area (Å²) in [5.74, 6) is 1.64. The Morgan fingerprint density at radius 1 is 1.04 bits per heavy atom. The van der Waals surface area contributed by atoms with Gasteiger partial charge in [0.15, 0.2) is 5.69 Å². The highest BCUT2D eigenvalue weighted by molar-refractivity contribution is 6.04. The van der Waals surface area contributed by atoms with E-state index in [0.29, 0.717) is 25.4 Å². The van der Waals surface area contributed by atoms with Gasteiger partial charge in [0.1, 0.15) is 18.1 Å². The first-order valence-corrected chi connectivity index (χ1v) is 9.46. The van der Waals surface area contributed by atoms with Gasteiger partial charge in [0, 0.05) is 38.1 Å². The van der Waals surface area contributed by atoms with Crippen molar-refractivity contribution in [1.29, 1.82) is 0 Å². The van der Waals surface area contributed by atoms with Gasteiger partial charge in [-0.25, -0.2) is 0 Å². The van der Waals surface area contributed by atoms with Crippen LogP contribution in [0.15, 0.2) is 48.5 Å². The number of nitrogens with zero attached hydrogens (tertiary/aromatic N) is 3. The lowest BCUT2D eigenvalue weighted by atomic mass is 10.2. The molecule has 0 radical (unpaired) electrons. The number of aromatic nitrogens is 2. The van der Waals surface area contributed by atoms with Crippen molar-refractivity contribution in [2.45, 2.75) is 0 Å². The number of fused-ring (bicyclic) bond motifs is 1. The summed E-state index contributed by atoms with van der Waals surface area (Å²) in [6.45, 7) is 4.51. The number of benzene rings is 2. The molecule has 7 heteroatoms. The van der Waals surface area contributed by atoms with E-state index in [1.807, 2.05) is 53.4 Å². The number of ether oxygens (including phenoxy) is 2. The molecule has 1 aromatic heterocycles. The van der Waals surface area contributed by atoms with E-state index in [1.165, 1.54) is 0 Å². The van der Waals surface area contributed by atoms with Crippen LogP contribution in [0.2, 0.25) is 0 Å². The van der Waals surface area contributed by atoms with Crippen LogP contribution in [-0.2, 0) is 0 Å². The van der Waals surface area contributed by atoms with E-state index in [1.54, 1.807) is 7.11 Å². The third-order valence-electron chi connectivity index (χ3n) is 5.07. The summed E-state index contributed by atoms with van der Waals surface area (Å²) in [4.78, 5) is 17.0. The SMILES string of the molecule is COc1ccc(OCCN2CCN(C(=O)c3n[nH]c4ccccc34)CC2)cc1. The van der Waals surface area contributed by atoms with Gasteiger partial charge in [0.05, 0.1) is 12.6 Å². The van der Waals surface area contributed by atoms with Crippen molar-refractivity contribution in [3.8, 4) is 11.5 Å². The minimum Gasteiger partial charge on any atom is -0.497 e. The molecule has 1 aliphatic rings. The van der Waals surface area contributed by atoms with Gasteiger partial charge < -0.3 is 14.4 Å². The molecule has 3 aromatic rings. The molecule has 0 spiro atoms. The van der Waals surface area contributed by atoms with Crippen LogP contribution in [0.5, 0.6) is 11.5 Å². The third-order valence-corrected chi connectivity index (χ3v) is 5.07. The highest BCUT2D eigenvalue weighted by Crippen LogP contribution is 2.18. The van der Waals surface area contributed by atoms with Gasteiger partial charge in [0.25, 0.3) is 5.91 Å². The zero-order chi connectivity index (χ0) is 19.3. The normalized spacial score (nSPS) is 15.0. The van der Waals surface area contributed by atoms with E-state index in [0.717, 1.165) is 42.0 Å². The Labute approximate surface area is 163 Å². The minimum atomic E-state index is -0.00779. The summed E-state index contributed by atoms with van der Waals surface area (Å²) >= 11 is 0. The first kappa shape index (κ1) is 18.3. The first-order valence-electron chi connectivity index (χ1n) is 9.46. The van der Waals surface area contributed by atoms with E-state index in [2.05, 4.69) is 15.1 Å². The number of amides is 1. The van der Waals surface area contributed by atoms with Gasteiger partial charge in [-0.2, -0.15) is 5.10 Å². The van der Waals surface area contributed by atoms with Crippen LogP contribution in [0.1, 0.15) is 10.5 Å². The Hall–Kier alpha value is -3.06. The Balaban J connectivity index is 1.25. The average molecular weight is 380 g/mol. The summed E-state index contributed by atoms with van der Waals surface area (Å²) in [6, 6.07) is 15.3. The van der Waals surface area contributed by atoms with Crippen LogP contribution in [0, 0.1) is 0 Å². The zero-order valence-corrected chi connectivity index (χ0v) is 15.9. The second-order valence-corrected chi connectivity index (χ2v) is 6.78. The Morgan fingerprint density at radius 2 is 1.75 bits per heavy atom. The summed E-state index contributed by atoms with van der Waals surface area (Å²) in [5, 5.41) is 8.04. The molecule has 146 valence electrons. The Kier molecular flexibility index (Phi) is 5.43. The number of rotatable bonds is 6. The molecule has 1 fully saturated rings. The molecule has 28 heavy (non-hydrogen) atoms. The topological polar surface area (TPSA) is 70.7 Å². The lowest BCUT2D eigenvalue weighted by Gasteiger charge is -2.34. The zero-order valence-electron chi connectivity index (χ0n) is 15.9. The number of nitrogens with one attached hydrogen (secondary N) is 1. The Bertz CT molecular complexity index is 930. The summed E-state index contributed by atoms with van der Waals surface area (Å²) < 4.78 is 10.9. The van der Waals surface area contributed by atoms with Crippen molar-refractivity contribution in [1.82, 2.24) is 20.0 Å². The minimum absolute atomic E-state index is 0.00779. The third kappa shape index (κ3) is 3.94. The number of para-hydroxylation sites is 1. The van der Waals surface area contributed by atoms with Crippen LogP contribution < -0.4 is 9.47 Å². The molecule has 1 aliphatic heterocycles. The predicted molar refractivity (Wildman–Crippen MR) is 107 cm³/mol. The van der Waals surface area contributed by atoms with Gasteiger partial charge in [0.2, 0.25) is 0 Å². The number of piperazine rings is 1. The van der Waals surface area contributed by atoms with E-state index in [-0.39, 0.29) is 5.91 Å². The molecular weight excluding hydrogens is 356 g/mol.